The van der Waals surface area contributed by atoms with E-state index in [0.29, 0.717) is 6.04 Å². The molecule has 0 rings (SSSR count). The molecule has 0 radical (unpaired) electrons. The fraction of sp³-hybridized carbons (Fsp3) is 1.00. The fourth-order valence-electron chi connectivity index (χ4n) is 0.505. The predicted octanol–water partition coefficient (Wildman–Crippen LogP) is 1.62. The van der Waals surface area contributed by atoms with Crippen LogP contribution in [-0.2, 0) is 0 Å². The minimum absolute atomic E-state index is 0.641. The van der Waals surface area contributed by atoms with Gasteiger partial charge in [-0.05, 0) is 34.0 Å². The van der Waals surface area contributed by atoms with Gasteiger partial charge in [0, 0.05) is 6.04 Å². The zero-order valence-electron chi connectivity index (χ0n) is 8.70. The highest BCUT2D eigenvalue weighted by atomic mass is 14.9. The van der Waals surface area contributed by atoms with Gasteiger partial charge in [0.05, 0.1) is 0 Å². The Morgan fingerprint density at radius 1 is 1.18 bits per heavy atom. The molecule has 2 nitrogen and oxygen atoms in total. The summed E-state index contributed by atoms with van der Waals surface area (Å²) >= 11 is 0. The maximum atomic E-state index is 3.16. The van der Waals surface area contributed by atoms with Crippen molar-refractivity contribution in [2.75, 3.05) is 20.6 Å². The Hall–Kier alpha value is -0.0800. The molecular weight excluding hydrogens is 136 g/mol. The van der Waals surface area contributed by atoms with Gasteiger partial charge < -0.3 is 10.6 Å². The summed E-state index contributed by atoms with van der Waals surface area (Å²) in [6.07, 6.45) is 2.45. The van der Waals surface area contributed by atoms with Crippen molar-refractivity contribution >= 4 is 0 Å². The summed E-state index contributed by atoms with van der Waals surface area (Å²) in [5, 5.41) is 6.25. The highest BCUT2D eigenvalue weighted by Crippen LogP contribution is 1.84. The van der Waals surface area contributed by atoms with Gasteiger partial charge in [-0.15, -0.1) is 0 Å². The maximum Gasteiger partial charge on any atom is 0.00478 e. The normalized spacial score (nSPS) is 11.7. The molecular formula is C9H24N2. The lowest BCUT2D eigenvalue weighted by Crippen LogP contribution is -2.25. The van der Waals surface area contributed by atoms with Gasteiger partial charge in [0.25, 0.3) is 0 Å². The zero-order chi connectivity index (χ0) is 9.11. The van der Waals surface area contributed by atoms with Gasteiger partial charge in [0.15, 0.2) is 0 Å². The van der Waals surface area contributed by atoms with Gasteiger partial charge in [-0.3, -0.25) is 0 Å². The van der Waals surface area contributed by atoms with Crippen molar-refractivity contribution in [3.8, 4) is 0 Å². The number of hydrogen-bond acceptors (Lipinski definition) is 2. The molecule has 0 saturated carbocycles. The minimum Gasteiger partial charge on any atom is -0.320 e. The molecule has 0 bridgehead atoms. The zero-order valence-corrected chi connectivity index (χ0v) is 8.70. The largest absolute Gasteiger partial charge is 0.320 e. The van der Waals surface area contributed by atoms with Gasteiger partial charge >= 0.3 is 0 Å². The average Bonchev–Trinajstić information content (AvgIpc) is 2.02. The predicted molar refractivity (Wildman–Crippen MR) is 53.0 cm³/mol. The Morgan fingerprint density at radius 2 is 1.64 bits per heavy atom. The van der Waals surface area contributed by atoms with Crippen LogP contribution in [0, 0.1) is 0 Å². The summed E-state index contributed by atoms with van der Waals surface area (Å²) in [5.74, 6) is 0. The van der Waals surface area contributed by atoms with E-state index < -0.39 is 0 Å². The second kappa shape index (κ2) is 12.6. The molecule has 0 fully saturated rings. The van der Waals surface area contributed by atoms with Gasteiger partial charge in [-0.2, -0.15) is 0 Å². The molecule has 0 aliphatic carbocycles. The third-order valence-electron chi connectivity index (χ3n) is 1.32. The van der Waals surface area contributed by atoms with Crippen molar-refractivity contribution in [3.05, 3.63) is 0 Å². The molecule has 0 heterocycles. The fourth-order valence-corrected chi connectivity index (χ4v) is 0.505. The van der Waals surface area contributed by atoms with Crippen LogP contribution in [-0.4, -0.2) is 26.7 Å². The number of rotatable bonds is 4. The van der Waals surface area contributed by atoms with Crippen LogP contribution in [0.4, 0.5) is 0 Å². The first-order valence-electron chi connectivity index (χ1n) is 4.54. The van der Waals surface area contributed by atoms with E-state index in [9.17, 15) is 0 Å². The summed E-state index contributed by atoms with van der Waals surface area (Å²) in [4.78, 5) is 0. The van der Waals surface area contributed by atoms with E-state index >= 15 is 0 Å². The molecule has 2 heteroatoms. The van der Waals surface area contributed by atoms with E-state index in [1.165, 1.54) is 12.8 Å². The third kappa shape index (κ3) is 17.8. The first kappa shape index (κ1) is 13.5. The first-order valence-corrected chi connectivity index (χ1v) is 4.54. The summed E-state index contributed by atoms with van der Waals surface area (Å²) in [7, 11) is 3.96. The summed E-state index contributed by atoms with van der Waals surface area (Å²) in [6, 6.07) is 0.641. The molecule has 0 aliphatic rings. The Kier molecular flexibility index (Phi) is 15.4. The second-order valence-electron chi connectivity index (χ2n) is 2.79. The monoisotopic (exact) mass is 160 g/mol. The Balaban J connectivity index is 0. The van der Waals surface area contributed by atoms with Crippen LogP contribution >= 0.6 is 0 Å². The molecule has 1 atom stereocenters. The van der Waals surface area contributed by atoms with Crippen LogP contribution in [0.1, 0.15) is 33.6 Å². The van der Waals surface area contributed by atoms with Crippen molar-refractivity contribution in [2.24, 2.45) is 0 Å². The molecule has 11 heavy (non-hydrogen) atoms. The molecule has 0 saturated heterocycles. The van der Waals surface area contributed by atoms with Crippen LogP contribution in [0.15, 0.2) is 0 Å². The highest BCUT2D eigenvalue weighted by Gasteiger charge is 1.93. The van der Waals surface area contributed by atoms with Crippen LogP contribution in [0.25, 0.3) is 0 Å². The SMILES string of the molecule is CCC.CNCCC(C)NC. The van der Waals surface area contributed by atoms with Crippen molar-refractivity contribution < 1.29 is 0 Å². The smallest absolute Gasteiger partial charge is 0.00478 e. The molecule has 0 spiro atoms. The molecule has 2 N–H and O–H groups in total. The van der Waals surface area contributed by atoms with E-state index in [2.05, 4.69) is 31.4 Å². The number of hydrogen-bond donors (Lipinski definition) is 2. The lowest BCUT2D eigenvalue weighted by molar-refractivity contribution is 0.548. The van der Waals surface area contributed by atoms with Gasteiger partial charge in [-0.25, -0.2) is 0 Å². The average molecular weight is 160 g/mol. The van der Waals surface area contributed by atoms with Gasteiger partial charge in [-0.1, -0.05) is 20.3 Å². The quantitative estimate of drug-likeness (QED) is 0.653. The van der Waals surface area contributed by atoms with E-state index in [1.807, 2.05) is 14.1 Å². The van der Waals surface area contributed by atoms with Crippen molar-refractivity contribution in [2.45, 2.75) is 39.7 Å². The molecule has 0 aromatic rings. The topological polar surface area (TPSA) is 24.1 Å². The summed E-state index contributed by atoms with van der Waals surface area (Å²) in [6.45, 7) is 7.53. The standard InChI is InChI=1S/C6H16N2.C3H8/c1-6(8-3)4-5-7-2;1-3-2/h6-8H,4-5H2,1-3H3;3H2,1-2H3. The Morgan fingerprint density at radius 3 is 1.91 bits per heavy atom. The van der Waals surface area contributed by atoms with Crippen molar-refractivity contribution in [1.82, 2.24) is 10.6 Å². The first-order chi connectivity index (χ1) is 5.22. The lowest BCUT2D eigenvalue weighted by atomic mass is 10.2. The van der Waals surface area contributed by atoms with Crippen LogP contribution < -0.4 is 10.6 Å². The third-order valence-corrected chi connectivity index (χ3v) is 1.32. The van der Waals surface area contributed by atoms with E-state index in [0.717, 1.165) is 6.54 Å². The Bertz CT molecular complexity index is 55.5. The molecule has 0 aromatic heterocycles. The van der Waals surface area contributed by atoms with E-state index in [4.69, 9.17) is 0 Å². The Labute approximate surface area is 71.8 Å². The summed E-state index contributed by atoms with van der Waals surface area (Å²) in [5.41, 5.74) is 0. The van der Waals surface area contributed by atoms with E-state index in [-0.39, 0.29) is 0 Å². The van der Waals surface area contributed by atoms with E-state index in [1.54, 1.807) is 0 Å². The highest BCUT2D eigenvalue weighted by molar-refractivity contribution is 4.56. The molecule has 1 unspecified atom stereocenters. The molecule has 0 aromatic carbocycles. The maximum absolute atomic E-state index is 3.16. The van der Waals surface area contributed by atoms with Gasteiger partial charge in [0.2, 0.25) is 0 Å². The molecule has 70 valence electrons. The summed E-state index contributed by atoms with van der Waals surface area (Å²) < 4.78 is 0. The molecule has 0 aliphatic heterocycles. The minimum atomic E-state index is 0.641. The second-order valence-corrected chi connectivity index (χ2v) is 2.79. The van der Waals surface area contributed by atoms with Crippen LogP contribution in [0.3, 0.4) is 0 Å². The lowest BCUT2D eigenvalue weighted by Gasteiger charge is -2.07. The van der Waals surface area contributed by atoms with Crippen molar-refractivity contribution in [3.63, 3.8) is 0 Å². The molecule has 0 amide bonds. The van der Waals surface area contributed by atoms with Crippen LogP contribution in [0.5, 0.6) is 0 Å². The van der Waals surface area contributed by atoms with Gasteiger partial charge in [0.1, 0.15) is 0 Å². The number of nitrogens with one attached hydrogen (secondary N) is 2. The van der Waals surface area contributed by atoms with Crippen molar-refractivity contribution in [1.29, 1.82) is 0 Å². The van der Waals surface area contributed by atoms with Crippen LogP contribution in [0.2, 0.25) is 0 Å².